The minimum absolute atomic E-state index is 0.0382. The zero-order chi connectivity index (χ0) is 26.8. The molecule has 1 saturated carbocycles. The van der Waals surface area contributed by atoms with Gasteiger partial charge in [-0.1, -0.05) is 44.9 Å². The first-order valence-corrected chi connectivity index (χ1v) is 11.8. The maximum Gasteiger partial charge on any atom is 0.416 e. The number of nitrogens with zero attached hydrogens (tertiary/aromatic N) is 1. The number of aliphatic hydroxyl groups excluding tert-OH is 1. The molecule has 2 rings (SSSR count). The molecule has 0 bridgehead atoms. The fourth-order valence-electron chi connectivity index (χ4n) is 4.60. The molecule has 12 heteroatoms. The number of hydrogen-bond donors (Lipinski definition) is 5. The summed E-state index contributed by atoms with van der Waals surface area (Å²) < 4.78 is 9.66. The molecule has 2 amide bonds. The van der Waals surface area contributed by atoms with Crippen LogP contribution in [0.2, 0.25) is 0 Å². The molecule has 0 aliphatic heterocycles. The van der Waals surface area contributed by atoms with Gasteiger partial charge in [-0.3, -0.25) is 14.9 Å². The summed E-state index contributed by atoms with van der Waals surface area (Å²) >= 11 is 0. The van der Waals surface area contributed by atoms with Crippen molar-refractivity contribution < 1.29 is 38.9 Å². The average molecular weight is 507 g/mol. The number of carbonyl (C=O) groups excluding carboxylic acids is 3. The Kier molecular flexibility index (Phi) is 10.7. The van der Waals surface area contributed by atoms with E-state index >= 15 is 0 Å². The minimum atomic E-state index is -1.29. The Morgan fingerprint density at radius 3 is 2.33 bits per heavy atom. The summed E-state index contributed by atoms with van der Waals surface area (Å²) in [6.45, 7) is 4.56. The molecule has 0 heterocycles. The first-order chi connectivity index (χ1) is 17.1. The van der Waals surface area contributed by atoms with Crippen LogP contribution in [0, 0.1) is 17.8 Å². The van der Waals surface area contributed by atoms with Gasteiger partial charge in [-0.2, -0.15) is 0 Å². The van der Waals surface area contributed by atoms with Crippen LogP contribution in [0.1, 0.15) is 50.4 Å². The van der Waals surface area contributed by atoms with Crippen LogP contribution in [-0.4, -0.2) is 65.1 Å². The number of amides is 2. The SMILES string of the molecule is CCC(CC)C(NC(C)=O)[C@@H]1[C@H](O)[C@@H](C(=O)O)C[C@H]1N=C(N)NC(=O)OCOC(=O)c1ccccc1. The zero-order valence-corrected chi connectivity index (χ0v) is 20.5. The van der Waals surface area contributed by atoms with Gasteiger partial charge in [0.2, 0.25) is 12.7 Å². The second-order valence-electron chi connectivity index (χ2n) is 8.61. The van der Waals surface area contributed by atoms with Gasteiger partial charge < -0.3 is 30.7 Å². The second kappa shape index (κ2) is 13.4. The lowest BCUT2D eigenvalue weighted by Gasteiger charge is -2.35. The molecule has 0 spiro atoms. The number of rotatable bonds is 10. The number of nitrogens with two attached hydrogens (primary N) is 1. The molecule has 1 aromatic rings. The number of aliphatic hydroxyl groups is 1. The van der Waals surface area contributed by atoms with Crippen molar-refractivity contribution in [2.75, 3.05) is 6.79 Å². The number of aliphatic carboxylic acids is 1. The van der Waals surface area contributed by atoms with Crippen LogP contribution in [0.4, 0.5) is 4.79 Å². The van der Waals surface area contributed by atoms with Crippen molar-refractivity contribution in [3.63, 3.8) is 0 Å². The Bertz CT molecular complexity index is 951. The van der Waals surface area contributed by atoms with Gasteiger partial charge in [0.05, 0.1) is 23.6 Å². The molecule has 12 nitrogen and oxygen atoms in total. The zero-order valence-electron chi connectivity index (χ0n) is 20.5. The third kappa shape index (κ3) is 7.67. The topological polar surface area (TPSA) is 190 Å². The number of alkyl carbamates (subject to hydrolysis) is 1. The highest BCUT2D eigenvalue weighted by atomic mass is 16.7. The molecule has 6 N–H and O–H groups in total. The number of esters is 1. The van der Waals surface area contributed by atoms with Gasteiger partial charge in [0.1, 0.15) is 0 Å². The summed E-state index contributed by atoms with van der Waals surface area (Å²) in [5, 5.41) is 25.5. The Balaban J connectivity index is 2.09. The van der Waals surface area contributed by atoms with Crippen molar-refractivity contribution >= 4 is 29.9 Å². The van der Waals surface area contributed by atoms with Crippen molar-refractivity contribution in [2.24, 2.45) is 28.5 Å². The van der Waals surface area contributed by atoms with Gasteiger partial charge in [-0.25, -0.2) is 14.6 Å². The Morgan fingerprint density at radius 2 is 1.78 bits per heavy atom. The molecule has 1 aliphatic carbocycles. The normalized spacial score (nSPS) is 22.5. The summed E-state index contributed by atoms with van der Waals surface area (Å²) in [5.41, 5.74) is 6.15. The van der Waals surface area contributed by atoms with E-state index in [2.05, 4.69) is 15.6 Å². The number of benzene rings is 1. The standard InChI is InChI=1S/C24H34N4O8/c1-4-14(5-2)19(26-13(3)29)18-17(11-16(20(18)30)21(31)32)27-23(25)28-24(34)36-12-35-22(33)15-9-7-6-8-10-15/h6-10,14,16-20,30H,4-5,11-12H2,1-3H3,(H,26,29)(H,31,32)(H3,25,27,28,34)/t16-,17+,18+,19?,20+/m0/s1. The number of carboxylic acid groups (broad SMARTS) is 1. The van der Waals surface area contributed by atoms with Crippen LogP contribution in [0.3, 0.4) is 0 Å². The molecule has 1 fully saturated rings. The van der Waals surface area contributed by atoms with E-state index in [1.165, 1.54) is 6.92 Å². The van der Waals surface area contributed by atoms with E-state index in [0.29, 0.717) is 12.8 Å². The first-order valence-electron chi connectivity index (χ1n) is 11.8. The molecule has 1 aromatic carbocycles. The quantitative estimate of drug-likeness (QED) is 0.134. The van der Waals surface area contributed by atoms with Crippen LogP contribution in [0.25, 0.3) is 0 Å². The molecular formula is C24H34N4O8. The Morgan fingerprint density at radius 1 is 1.14 bits per heavy atom. The summed E-state index contributed by atoms with van der Waals surface area (Å²) in [5.74, 6) is -4.47. The number of hydrogen-bond acceptors (Lipinski definition) is 8. The lowest BCUT2D eigenvalue weighted by molar-refractivity contribution is -0.145. The summed E-state index contributed by atoms with van der Waals surface area (Å²) in [6, 6.07) is 6.78. The summed E-state index contributed by atoms with van der Waals surface area (Å²) in [6.07, 6.45) is -1.00. The van der Waals surface area contributed by atoms with Crippen LogP contribution in [0.5, 0.6) is 0 Å². The molecule has 1 aliphatic rings. The van der Waals surface area contributed by atoms with Crippen LogP contribution in [0.15, 0.2) is 35.3 Å². The number of nitrogens with one attached hydrogen (secondary N) is 2. The monoisotopic (exact) mass is 506 g/mol. The minimum Gasteiger partial charge on any atom is -0.481 e. The van der Waals surface area contributed by atoms with Crippen LogP contribution in [-0.2, 0) is 19.1 Å². The maximum absolute atomic E-state index is 12.1. The highest BCUT2D eigenvalue weighted by Crippen LogP contribution is 2.39. The average Bonchev–Trinajstić information content (AvgIpc) is 3.14. The van der Waals surface area contributed by atoms with E-state index in [0.717, 1.165) is 0 Å². The van der Waals surface area contributed by atoms with Gasteiger partial charge in [0.15, 0.2) is 5.96 Å². The van der Waals surface area contributed by atoms with E-state index < -0.39 is 54.8 Å². The lowest BCUT2D eigenvalue weighted by Crippen LogP contribution is -2.51. The Hall–Kier alpha value is -3.67. The molecular weight excluding hydrogens is 472 g/mol. The number of guanidine groups is 1. The van der Waals surface area contributed by atoms with Gasteiger partial charge >= 0.3 is 18.0 Å². The third-order valence-corrected chi connectivity index (χ3v) is 6.33. The van der Waals surface area contributed by atoms with Crippen molar-refractivity contribution in [2.45, 2.75) is 58.2 Å². The van der Waals surface area contributed by atoms with Gasteiger partial charge in [0.25, 0.3) is 0 Å². The fourth-order valence-corrected chi connectivity index (χ4v) is 4.60. The molecule has 36 heavy (non-hydrogen) atoms. The van der Waals surface area contributed by atoms with Crippen molar-refractivity contribution in [1.82, 2.24) is 10.6 Å². The first kappa shape index (κ1) is 28.6. The number of ether oxygens (including phenoxy) is 2. The smallest absolute Gasteiger partial charge is 0.416 e. The lowest BCUT2D eigenvalue weighted by atomic mass is 9.80. The predicted molar refractivity (Wildman–Crippen MR) is 129 cm³/mol. The highest BCUT2D eigenvalue weighted by Gasteiger charge is 2.50. The van der Waals surface area contributed by atoms with E-state index in [1.807, 2.05) is 13.8 Å². The van der Waals surface area contributed by atoms with E-state index in [4.69, 9.17) is 15.2 Å². The molecule has 1 unspecified atom stereocenters. The highest BCUT2D eigenvalue weighted by molar-refractivity contribution is 5.93. The largest absolute Gasteiger partial charge is 0.481 e. The molecule has 0 saturated heterocycles. The van der Waals surface area contributed by atoms with Crippen molar-refractivity contribution in [1.29, 1.82) is 0 Å². The van der Waals surface area contributed by atoms with Crippen molar-refractivity contribution in [3.8, 4) is 0 Å². The van der Waals surface area contributed by atoms with Crippen LogP contribution < -0.4 is 16.4 Å². The molecule has 5 atom stereocenters. The van der Waals surface area contributed by atoms with Crippen molar-refractivity contribution in [3.05, 3.63) is 35.9 Å². The van der Waals surface area contributed by atoms with Gasteiger partial charge in [-0.15, -0.1) is 0 Å². The summed E-state index contributed by atoms with van der Waals surface area (Å²) in [4.78, 5) is 51.8. The maximum atomic E-state index is 12.1. The molecule has 0 radical (unpaired) electrons. The predicted octanol–water partition coefficient (Wildman–Crippen LogP) is 1.23. The molecule has 0 aromatic heterocycles. The van der Waals surface area contributed by atoms with E-state index in [9.17, 15) is 29.4 Å². The fraction of sp³-hybridized carbons (Fsp3) is 0.542. The number of aliphatic imine (C=N–C) groups is 1. The molecule has 198 valence electrons. The Labute approximate surface area is 209 Å². The number of carbonyl (C=O) groups is 4. The van der Waals surface area contributed by atoms with E-state index in [1.54, 1.807) is 30.3 Å². The third-order valence-electron chi connectivity index (χ3n) is 6.33. The second-order valence-corrected chi connectivity index (χ2v) is 8.61. The number of carboxylic acids is 1. The van der Waals surface area contributed by atoms with E-state index in [-0.39, 0.29) is 29.8 Å². The summed E-state index contributed by atoms with van der Waals surface area (Å²) in [7, 11) is 0. The van der Waals surface area contributed by atoms with Crippen LogP contribution >= 0.6 is 0 Å². The van der Waals surface area contributed by atoms with Gasteiger partial charge in [-0.05, 0) is 24.5 Å². The van der Waals surface area contributed by atoms with Gasteiger partial charge in [0, 0.05) is 18.9 Å².